The molecule has 1 saturated heterocycles. The van der Waals surface area contributed by atoms with Gasteiger partial charge >= 0.3 is 0 Å². The van der Waals surface area contributed by atoms with Crippen LogP contribution in [0.4, 0.5) is 15.9 Å². The summed E-state index contributed by atoms with van der Waals surface area (Å²) < 4.78 is 31.2. The standard InChI is InChI=1S/C26H24FN5O4/c1-16-3-5-20(19(27)11-16)31-25-18-12-22(34-2)23(13-21(18)29-15-30-25)36-24-6-4-17(14-28-24)26(33)32-7-9-35-10-8-32/h3-6,11-15H,7-10H2,1-2H3,(H,29,30,31). The number of nitrogens with zero attached hydrogens (tertiary/aromatic N) is 4. The van der Waals surface area contributed by atoms with Crippen LogP contribution >= 0.6 is 0 Å². The number of anilines is 2. The summed E-state index contributed by atoms with van der Waals surface area (Å²) in [4.78, 5) is 27.3. The highest BCUT2D eigenvalue weighted by atomic mass is 19.1. The number of aromatic nitrogens is 3. The van der Waals surface area contributed by atoms with Gasteiger partial charge in [0, 0.05) is 36.8 Å². The van der Waals surface area contributed by atoms with Gasteiger partial charge in [0.05, 0.1) is 37.1 Å². The summed E-state index contributed by atoms with van der Waals surface area (Å²) in [5, 5.41) is 3.65. The first-order valence-corrected chi connectivity index (χ1v) is 11.4. The second-order valence-electron chi connectivity index (χ2n) is 8.24. The van der Waals surface area contributed by atoms with E-state index in [2.05, 4.69) is 20.3 Å². The fraction of sp³-hybridized carbons (Fsp3) is 0.231. The highest BCUT2D eigenvalue weighted by molar-refractivity contribution is 5.94. The highest BCUT2D eigenvalue weighted by Gasteiger charge is 2.19. The van der Waals surface area contributed by atoms with Crippen LogP contribution in [0.5, 0.6) is 17.4 Å². The maximum Gasteiger partial charge on any atom is 0.255 e. The third kappa shape index (κ3) is 4.89. The Balaban J connectivity index is 1.39. The summed E-state index contributed by atoms with van der Waals surface area (Å²) in [5.41, 5.74) is 2.16. The molecule has 1 amide bonds. The fourth-order valence-corrected chi connectivity index (χ4v) is 3.88. The summed E-state index contributed by atoms with van der Waals surface area (Å²) in [5.74, 6) is 1.05. The average molecular weight is 490 g/mol. The Morgan fingerprint density at radius 3 is 2.61 bits per heavy atom. The van der Waals surface area contributed by atoms with Crippen molar-refractivity contribution in [3.63, 3.8) is 0 Å². The maximum absolute atomic E-state index is 14.4. The van der Waals surface area contributed by atoms with E-state index in [0.717, 1.165) is 5.56 Å². The smallest absolute Gasteiger partial charge is 0.255 e. The Kier molecular flexibility index (Phi) is 6.59. The Bertz CT molecular complexity index is 1410. The molecule has 0 spiro atoms. The maximum atomic E-state index is 14.4. The fourth-order valence-electron chi connectivity index (χ4n) is 3.88. The van der Waals surface area contributed by atoms with E-state index >= 15 is 0 Å². The molecule has 1 fully saturated rings. The quantitative estimate of drug-likeness (QED) is 0.423. The molecule has 184 valence electrons. The van der Waals surface area contributed by atoms with Gasteiger partial charge in [0.25, 0.3) is 5.91 Å². The number of halogens is 1. The minimum atomic E-state index is -0.379. The van der Waals surface area contributed by atoms with E-state index in [9.17, 15) is 9.18 Å². The van der Waals surface area contributed by atoms with E-state index in [0.29, 0.717) is 71.7 Å². The number of carbonyl (C=O) groups excluding carboxylic acids is 1. The molecular formula is C26H24FN5O4. The van der Waals surface area contributed by atoms with Crippen LogP contribution < -0.4 is 14.8 Å². The number of nitrogens with one attached hydrogen (secondary N) is 1. The van der Waals surface area contributed by atoms with Gasteiger partial charge in [-0.25, -0.2) is 19.3 Å². The first kappa shape index (κ1) is 23.4. The zero-order valence-corrected chi connectivity index (χ0v) is 19.8. The molecule has 0 bridgehead atoms. The van der Waals surface area contributed by atoms with Crippen molar-refractivity contribution < 1.29 is 23.4 Å². The normalized spacial score (nSPS) is 13.5. The van der Waals surface area contributed by atoms with Crippen LogP contribution in [0.15, 0.2) is 55.0 Å². The molecule has 9 nitrogen and oxygen atoms in total. The van der Waals surface area contributed by atoms with Crippen molar-refractivity contribution in [3.05, 3.63) is 71.9 Å². The second-order valence-corrected chi connectivity index (χ2v) is 8.24. The third-order valence-electron chi connectivity index (χ3n) is 5.79. The van der Waals surface area contributed by atoms with Crippen molar-refractivity contribution in [1.29, 1.82) is 0 Å². The highest BCUT2D eigenvalue weighted by Crippen LogP contribution is 2.37. The van der Waals surface area contributed by atoms with Crippen LogP contribution in [0, 0.1) is 12.7 Å². The van der Waals surface area contributed by atoms with Crippen molar-refractivity contribution in [1.82, 2.24) is 19.9 Å². The molecule has 1 aliphatic rings. The summed E-state index contributed by atoms with van der Waals surface area (Å²) in [6.45, 7) is 4.00. The molecule has 0 saturated carbocycles. The van der Waals surface area contributed by atoms with Crippen molar-refractivity contribution in [3.8, 4) is 17.4 Å². The Hall–Kier alpha value is -4.31. The molecule has 3 heterocycles. The van der Waals surface area contributed by atoms with Gasteiger partial charge in [-0.15, -0.1) is 0 Å². The van der Waals surface area contributed by atoms with E-state index in [-0.39, 0.29) is 11.7 Å². The molecule has 5 rings (SSSR count). The molecule has 2 aromatic carbocycles. The van der Waals surface area contributed by atoms with Crippen LogP contribution in [0.2, 0.25) is 0 Å². The van der Waals surface area contributed by atoms with E-state index in [1.165, 1.54) is 25.7 Å². The van der Waals surface area contributed by atoms with Gasteiger partial charge in [-0.3, -0.25) is 4.79 Å². The number of methoxy groups -OCH3 is 1. The zero-order chi connectivity index (χ0) is 25.1. The number of fused-ring (bicyclic) bond motifs is 1. The lowest BCUT2D eigenvalue weighted by atomic mass is 10.2. The van der Waals surface area contributed by atoms with Crippen LogP contribution in [0.3, 0.4) is 0 Å². The number of ether oxygens (including phenoxy) is 3. The largest absolute Gasteiger partial charge is 0.493 e. The van der Waals surface area contributed by atoms with Crippen LogP contribution in [0.25, 0.3) is 10.9 Å². The monoisotopic (exact) mass is 489 g/mol. The third-order valence-corrected chi connectivity index (χ3v) is 5.79. The Morgan fingerprint density at radius 2 is 1.89 bits per heavy atom. The molecule has 10 heteroatoms. The first-order chi connectivity index (χ1) is 17.5. The number of benzene rings is 2. The molecular weight excluding hydrogens is 465 g/mol. The molecule has 2 aromatic heterocycles. The zero-order valence-electron chi connectivity index (χ0n) is 19.8. The van der Waals surface area contributed by atoms with Crippen LogP contribution in [0.1, 0.15) is 15.9 Å². The summed E-state index contributed by atoms with van der Waals surface area (Å²) in [6.07, 6.45) is 2.87. The lowest BCUT2D eigenvalue weighted by molar-refractivity contribution is 0.0302. The van der Waals surface area contributed by atoms with Crippen LogP contribution in [-0.2, 0) is 4.74 Å². The summed E-state index contributed by atoms with van der Waals surface area (Å²) in [7, 11) is 1.52. The van der Waals surface area contributed by atoms with E-state index in [1.807, 2.05) is 13.0 Å². The number of carbonyl (C=O) groups is 1. The van der Waals surface area contributed by atoms with Gasteiger partial charge in [-0.05, 0) is 36.8 Å². The number of rotatable bonds is 6. The first-order valence-electron chi connectivity index (χ1n) is 11.4. The van der Waals surface area contributed by atoms with E-state index in [1.54, 1.807) is 35.2 Å². The molecule has 0 radical (unpaired) electrons. The molecule has 1 aliphatic heterocycles. The molecule has 4 aromatic rings. The summed E-state index contributed by atoms with van der Waals surface area (Å²) >= 11 is 0. The van der Waals surface area contributed by atoms with Crippen molar-refractivity contribution in [2.75, 3.05) is 38.7 Å². The molecule has 1 N–H and O–H groups in total. The molecule has 36 heavy (non-hydrogen) atoms. The van der Waals surface area contributed by atoms with Crippen molar-refractivity contribution in [2.24, 2.45) is 0 Å². The van der Waals surface area contributed by atoms with Gasteiger partial charge in [0.1, 0.15) is 18.0 Å². The number of pyridine rings is 1. The molecule has 0 aliphatic carbocycles. The van der Waals surface area contributed by atoms with E-state index in [4.69, 9.17) is 14.2 Å². The van der Waals surface area contributed by atoms with Gasteiger partial charge in [-0.2, -0.15) is 0 Å². The average Bonchev–Trinajstić information content (AvgIpc) is 2.90. The minimum Gasteiger partial charge on any atom is -0.493 e. The number of morpholine rings is 1. The molecule has 0 unspecified atom stereocenters. The summed E-state index contributed by atoms with van der Waals surface area (Å²) in [6, 6.07) is 11.6. The van der Waals surface area contributed by atoms with Crippen LogP contribution in [-0.4, -0.2) is 59.2 Å². The molecule has 0 atom stereocenters. The number of hydrogen-bond donors (Lipinski definition) is 1. The van der Waals surface area contributed by atoms with E-state index < -0.39 is 0 Å². The Labute approximate surface area is 206 Å². The van der Waals surface area contributed by atoms with Gasteiger partial charge in [0.2, 0.25) is 5.88 Å². The van der Waals surface area contributed by atoms with Gasteiger partial charge in [0.15, 0.2) is 11.5 Å². The minimum absolute atomic E-state index is 0.0950. The SMILES string of the molecule is COc1cc2c(Nc3ccc(C)cc3F)ncnc2cc1Oc1ccc(C(=O)N2CCOCC2)cn1. The number of hydrogen-bond acceptors (Lipinski definition) is 8. The second kappa shape index (κ2) is 10.1. The van der Waals surface area contributed by atoms with Gasteiger partial charge < -0.3 is 24.4 Å². The lowest BCUT2D eigenvalue weighted by Crippen LogP contribution is -2.40. The Morgan fingerprint density at radius 1 is 1.06 bits per heavy atom. The number of amides is 1. The van der Waals surface area contributed by atoms with Gasteiger partial charge in [-0.1, -0.05) is 6.07 Å². The van der Waals surface area contributed by atoms with Crippen molar-refractivity contribution >= 4 is 28.3 Å². The lowest BCUT2D eigenvalue weighted by Gasteiger charge is -2.26. The number of aryl methyl sites for hydroxylation is 1. The topological polar surface area (TPSA) is 98.7 Å². The van der Waals surface area contributed by atoms with Crippen molar-refractivity contribution in [2.45, 2.75) is 6.92 Å². The predicted molar refractivity (Wildman–Crippen MR) is 132 cm³/mol. The predicted octanol–water partition coefficient (Wildman–Crippen LogP) is 4.49.